The summed E-state index contributed by atoms with van der Waals surface area (Å²) in [6.45, 7) is 0.0888. The first-order chi connectivity index (χ1) is 12.6. The van der Waals surface area contributed by atoms with Crippen LogP contribution in [-0.4, -0.2) is 72.2 Å². The predicted molar refractivity (Wildman–Crippen MR) is 102 cm³/mol. The first-order valence-electron chi connectivity index (χ1n) is 8.58. The van der Waals surface area contributed by atoms with E-state index >= 15 is 0 Å². The zero-order valence-electron chi connectivity index (χ0n) is 15.5. The van der Waals surface area contributed by atoms with Crippen molar-refractivity contribution in [3.63, 3.8) is 0 Å². The third kappa shape index (κ3) is 3.62. The molecular weight excluding hydrogens is 370 g/mol. The van der Waals surface area contributed by atoms with Gasteiger partial charge in [-0.05, 0) is 17.5 Å². The van der Waals surface area contributed by atoms with Gasteiger partial charge < -0.3 is 14.6 Å². The summed E-state index contributed by atoms with van der Waals surface area (Å²) in [5.41, 5.74) is 0.313. The van der Waals surface area contributed by atoms with Crippen molar-refractivity contribution < 1.29 is 18.3 Å². The van der Waals surface area contributed by atoms with Gasteiger partial charge >= 0.3 is 0 Å². The zero-order valence-corrected chi connectivity index (χ0v) is 16.3. The van der Waals surface area contributed by atoms with Crippen molar-refractivity contribution in [1.82, 2.24) is 13.8 Å². The molecule has 0 unspecified atom stereocenters. The number of aryl methyl sites for hydroxylation is 1. The van der Waals surface area contributed by atoms with E-state index in [9.17, 15) is 23.1 Å². The van der Waals surface area contributed by atoms with Gasteiger partial charge in [-0.15, -0.1) is 0 Å². The number of likely N-dealkylation sites (tertiary alicyclic amines) is 1. The summed E-state index contributed by atoms with van der Waals surface area (Å²) in [6, 6.07) is 8.80. The summed E-state index contributed by atoms with van der Waals surface area (Å²) in [4.78, 5) is 26.9. The molecule has 0 saturated carbocycles. The molecule has 2 heterocycles. The van der Waals surface area contributed by atoms with Crippen molar-refractivity contribution in [2.24, 2.45) is 13.0 Å². The maximum absolute atomic E-state index is 12.9. The minimum Gasteiger partial charge on any atom is -0.391 e. The summed E-state index contributed by atoms with van der Waals surface area (Å²) in [7, 11) is 0.959. The third-order valence-corrected chi connectivity index (χ3v) is 7.00. The number of sulfonamides is 1. The number of aromatic nitrogens is 1. The molecule has 1 aromatic heterocycles. The number of β-amino-alcohol motifs (C(OH)–C–C–N with tert-alkyl or cyclic N) is 1. The summed E-state index contributed by atoms with van der Waals surface area (Å²) < 4.78 is 26.7. The Morgan fingerprint density at radius 3 is 2.59 bits per heavy atom. The highest BCUT2D eigenvalue weighted by molar-refractivity contribution is 7.89. The molecule has 3 rings (SSSR count). The highest BCUT2D eigenvalue weighted by Gasteiger charge is 2.38. The average molecular weight is 393 g/mol. The molecular formula is C18H23N3O5S. The topological polar surface area (TPSA) is 99.9 Å². The maximum Gasteiger partial charge on any atom is 0.263 e. The predicted octanol–water partition coefficient (Wildman–Crippen LogP) is -0.137. The van der Waals surface area contributed by atoms with Gasteiger partial charge in [-0.1, -0.05) is 18.2 Å². The van der Waals surface area contributed by atoms with Crippen LogP contribution in [0.3, 0.4) is 0 Å². The molecule has 0 radical (unpaired) electrons. The van der Waals surface area contributed by atoms with Crippen LogP contribution in [0.5, 0.6) is 0 Å². The number of hydrogen-bond acceptors (Lipinski definition) is 5. The molecule has 1 aromatic carbocycles. The lowest BCUT2D eigenvalue weighted by Crippen LogP contribution is -2.36. The van der Waals surface area contributed by atoms with Crippen LogP contribution in [-0.2, 0) is 17.1 Å². The van der Waals surface area contributed by atoms with E-state index in [2.05, 4.69) is 0 Å². The Kier molecular flexibility index (Phi) is 5.11. The number of carbonyl (C=O) groups excluding carboxylic acids is 1. The second-order valence-electron chi connectivity index (χ2n) is 7.08. The van der Waals surface area contributed by atoms with Crippen LogP contribution in [0, 0.1) is 5.92 Å². The minimum absolute atomic E-state index is 0.00241. The number of nitrogens with zero attached hydrogens (tertiary/aromatic N) is 3. The number of aliphatic hydroxyl groups is 1. The van der Waals surface area contributed by atoms with Crippen molar-refractivity contribution in [3.05, 3.63) is 46.2 Å². The molecule has 1 aliphatic heterocycles. The third-order valence-electron chi connectivity index (χ3n) is 5.04. The molecule has 1 amide bonds. The van der Waals surface area contributed by atoms with Gasteiger partial charge in [-0.25, -0.2) is 12.7 Å². The molecule has 1 fully saturated rings. The molecule has 0 aliphatic carbocycles. The summed E-state index contributed by atoms with van der Waals surface area (Å²) >= 11 is 0. The Hall–Kier alpha value is -2.23. The summed E-state index contributed by atoms with van der Waals surface area (Å²) in [5, 5.41) is 11.0. The lowest BCUT2D eigenvalue weighted by molar-refractivity contribution is 0.0762. The fourth-order valence-electron chi connectivity index (χ4n) is 3.35. The number of fused-ring (bicyclic) bond motifs is 1. The molecule has 1 N–H and O–H groups in total. The molecule has 9 heteroatoms. The maximum atomic E-state index is 12.9. The fraction of sp³-hybridized carbons (Fsp3) is 0.444. The van der Waals surface area contributed by atoms with Crippen LogP contribution >= 0.6 is 0 Å². The lowest BCUT2D eigenvalue weighted by Gasteiger charge is -2.18. The van der Waals surface area contributed by atoms with E-state index in [1.807, 2.05) is 18.2 Å². The van der Waals surface area contributed by atoms with Gasteiger partial charge in [0.25, 0.3) is 11.5 Å². The molecule has 8 nitrogen and oxygen atoms in total. The van der Waals surface area contributed by atoms with Crippen LogP contribution in [0.1, 0.15) is 10.4 Å². The number of para-hydroxylation sites is 1. The number of benzene rings is 1. The van der Waals surface area contributed by atoms with E-state index in [1.165, 1.54) is 23.6 Å². The summed E-state index contributed by atoms with van der Waals surface area (Å²) in [5.74, 6) is -1.34. The Balaban J connectivity index is 1.88. The van der Waals surface area contributed by atoms with Crippen molar-refractivity contribution in [2.45, 2.75) is 6.10 Å². The number of aliphatic hydroxyl groups excluding tert-OH is 1. The second kappa shape index (κ2) is 7.06. The highest BCUT2D eigenvalue weighted by Crippen LogP contribution is 2.22. The quantitative estimate of drug-likeness (QED) is 0.780. The van der Waals surface area contributed by atoms with Crippen LogP contribution in [0.15, 0.2) is 35.1 Å². The first kappa shape index (κ1) is 19.5. The molecule has 2 atom stereocenters. The first-order valence-corrected chi connectivity index (χ1v) is 10.2. The molecule has 2 aromatic rings. The Labute approximate surface area is 157 Å². The highest BCUT2D eigenvalue weighted by atomic mass is 32.2. The Morgan fingerprint density at radius 2 is 1.93 bits per heavy atom. The monoisotopic (exact) mass is 393 g/mol. The van der Waals surface area contributed by atoms with Gasteiger partial charge in [0.1, 0.15) is 5.56 Å². The number of amides is 1. The van der Waals surface area contributed by atoms with E-state index in [0.717, 1.165) is 15.2 Å². The summed E-state index contributed by atoms with van der Waals surface area (Å²) in [6.07, 6.45) is -0.951. The van der Waals surface area contributed by atoms with Crippen LogP contribution in [0.25, 0.3) is 10.9 Å². The zero-order chi connectivity index (χ0) is 19.9. The number of pyridine rings is 1. The number of rotatable bonds is 4. The molecule has 1 saturated heterocycles. The SMILES string of the molecule is CN(C)S(=O)(=O)C[C@@H]1CN(C(=O)c2cc3ccccc3n(C)c2=O)C[C@H]1O. The Bertz CT molecular complexity index is 1040. The normalized spacial score (nSPS) is 20.6. The molecule has 146 valence electrons. The van der Waals surface area contributed by atoms with Crippen molar-refractivity contribution in [1.29, 1.82) is 0 Å². The largest absolute Gasteiger partial charge is 0.391 e. The van der Waals surface area contributed by atoms with Crippen LogP contribution < -0.4 is 5.56 Å². The van der Waals surface area contributed by atoms with E-state index in [4.69, 9.17) is 0 Å². The standard InChI is InChI=1S/C18H23N3O5S/c1-19(2)27(25,26)11-13-9-21(10-16(13)22)18(24)14-8-12-6-4-5-7-15(12)20(3)17(14)23/h4-8,13,16,22H,9-11H2,1-3H3/t13-,16+/m0/s1. The second-order valence-corrected chi connectivity index (χ2v) is 9.31. The van der Waals surface area contributed by atoms with Crippen molar-refractivity contribution >= 4 is 26.8 Å². The minimum atomic E-state index is -3.50. The van der Waals surface area contributed by atoms with Gasteiger partial charge in [-0.2, -0.15) is 0 Å². The Morgan fingerprint density at radius 1 is 1.26 bits per heavy atom. The van der Waals surface area contributed by atoms with Crippen LogP contribution in [0.4, 0.5) is 0 Å². The van der Waals surface area contributed by atoms with Crippen LogP contribution in [0.2, 0.25) is 0 Å². The van der Waals surface area contributed by atoms with E-state index < -0.39 is 33.5 Å². The molecule has 0 spiro atoms. The van der Waals surface area contributed by atoms with E-state index in [0.29, 0.717) is 0 Å². The van der Waals surface area contributed by atoms with Gasteiger partial charge in [0.05, 0.1) is 17.4 Å². The molecule has 0 bridgehead atoms. The van der Waals surface area contributed by atoms with Crippen molar-refractivity contribution in [2.75, 3.05) is 32.9 Å². The van der Waals surface area contributed by atoms with Crippen molar-refractivity contribution in [3.8, 4) is 0 Å². The fourth-order valence-corrected chi connectivity index (χ4v) is 4.52. The number of carbonyl (C=O) groups is 1. The smallest absolute Gasteiger partial charge is 0.263 e. The lowest BCUT2D eigenvalue weighted by atomic mass is 10.1. The van der Waals surface area contributed by atoms with Gasteiger partial charge in [0.15, 0.2) is 0 Å². The van der Waals surface area contributed by atoms with E-state index in [1.54, 1.807) is 19.2 Å². The number of hydrogen-bond donors (Lipinski definition) is 1. The van der Waals surface area contributed by atoms with Gasteiger partial charge in [-0.3, -0.25) is 9.59 Å². The molecule has 27 heavy (non-hydrogen) atoms. The average Bonchev–Trinajstić information content (AvgIpc) is 2.97. The van der Waals surface area contributed by atoms with Gasteiger partial charge in [0.2, 0.25) is 10.0 Å². The van der Waals surface area contributed by atoms with E-state index in [-0.39, 0.29) is 24.4 Å². The molecule has 1 aliphatic rings. The van der Waals surface area contributed by atoms with Gasteiger partial charge in [0, 0.05) is 40.2 Å².